The SMILES string of the molecule is CC(=O)N1C=Cc2ccccc2C1CC(=O)Nc1ccc(NC(=O)c2ccco2)cc1C(F)(F)F. The van der Waals surface area contributed by atoms with Gasteiger partial charge in [0.1, 0.15) is 0 Å². The van der Waals surface area contributed by atoms with Crippen LogP contribution in [0.2, 0.25) is 0 Å². The highest BCUT2D eigenvalue weighted by Gasteiger charge is 2.35. The third-order valence-electron chi connectivity index (χ3n) is 5.45. The Hall–Kier alpha value is -4.34. The molecule has 4 rings (SSSR count). The van der Waals surface area contributed by atoms with Crippen molar-refractivity contribution >= 4 is 35.2 Å². The molecular formula is C25H20F3N3O4. The molecule has 0 saturated heterocycles. The number of amides is 3. The molecule has 3 amide bonds. The first-order valence-electron chi connectivity index (χ1n) is 10.6. The lowest BCUT2D eigenvalue weighted by molar-refractivity contribution is -0.137. The van der Waals surface area contributed by atoms with E-state index in [-0.39, 0.29) is 23.8 Å². The molecule has 35 heavy (non-hydrogen) atoms. The number of nitrogens with one attached hydrogen (secondary N) is 2. The molecule has 1 atom stereocenters. The van der Waals surface area contributed by atoms with Gasteiger partial charge in [-0.1, -0.05) is 24.3 Å². The maximum Gasteiger partial charge on any atom is 0.418 e. The fourth-order valence-electron chi connectivity index (χ4n) is 3.86. The van der Waals surface area contributed by atoms with Gasteiger partial charge < -0.3 is 20.0 Å². The number of nitrogens with zero attached hydrogens (tertiary/aromatic N) is 1. The number of fused-ring (bicyclic) bond motifs is 1. The van der Waals surface area contributed by atoms with Gasteiger partial charge in [0.15, 0.2) is 5.76 Å². The van der Waals surface area contributed by atoms with Crippen molar-refractivity contribution in [2.45, 2.75) is 25.6 Å². The summed E-state index contributed by atoms with van der Waals surface area (Å²) in [6.07, 6.45) is -0.500. The van der Waals surface area contributed by atoms with Gasteiger partial charge in [-0.15, -0.1) is 0 Å². The predicted octanol–water partition coefficient (Wildman–Crippen LogP) is 5.45. The Morgan fingerprint density at radius 1 is 1.03 bits per heavy atom. The van der Waals surface area contributed by atoms with Gasteiger partial charge in [-0.05, 0) is 47.5 Å². The minimum Gasteiger partial charge on any atom is -0.459 e. The second-order valence-electron chi connectivity index (χ2n) is 7.83. The van der Waals surface area contributed by atoms with E-state index in [4.69, 9.17) is 4.42 Å². The van der Waals surface area contributed by atoms with Crippen molar-refractivity contribution in [1.29, 1.82) is 0 Å². The molecule has 0 spiro atoms. The van der Waals surface area contributed by atoms with E-state index >= 15 is 0 Å². The van der Waals surface area contributed by atoms with Gasteiger partial charge in [0.05, 0.1) is 30.0 Å². The molecule has 2 heterocycles. The number of halogens is 3. The molecule has 1 aromatic heterocycles. The molecule has 3 aromatic rings. The van der Waals surface area contributed by atoms with Gasteiger partial charge in [-0.2, -0.15) is 13.2 Å². The molecule has 2 N–H and O–H groups in total. The van der Waals surface area contributed by atoms with Crippen LogP contribution in [0.5, 0.6) is 0 Å². The fraction of sp³-hybridized carbons (Fsp3) is 0.160. The van der Waals surface area contributed by atoms with Crippen LogP contribution < -0.4 is 10.6 Å². The summed E-state index contributed by atoms with van der Waals surface area (Å²) in [7, 11) is 0. The largest absolute Gasteiger partial charge is 0.459 e. The number of carbonyl (C=O) groups is 3. The normalized spacial score (nSPS) is 14.9. The summed E-state index contributed by atoms with van der Waals surface area (Å²) in [5, 5.41) is 4.65. The van der Waals surface area contributed by atoms with Crippen LogP contribution in [0.15, 0.2) is 71.5 Å². The van der Waals surface area contributed by atoms with E-state index in [9.17, 15) is 27.6 Å². The molecule has 0 fully saturated rings. The topological polar surface area (TPSA) is 91.7 Å². The van der Waals surface area contributed by atoms with Gasteiger partial charge in [0.25, 0.3) is 5.91 Å². The van der Waals surface area contributed by atoms with E-state index in [1.54, 1.807) is 24.4 Å². The molecule has 0 radical (unpaired) electrons. The molecule has 1 aliphatic heterocycles. The molecule has 2 aromatic carbocycles. The van der Waals surface area contributed by atoms with Crippen molar-refractivity contribution in [3.8, 4) is 0 Å². The maximum absolute atomic E-state index is 13.8. The zero-order valence-electron chi connectivity index (χ0n) is 18.4. The first-order valence-corrected chi connectivity index (χ1v) is 10.6. The van der Waals surface area contributed by atoms with Crippen LogP contribution in [0.3, 0.4) is 0 Å². The highest BCUT2D eigenvalue weighted by Crippen LogP contribution is 2.38. The van der Waals surface area contributed by atoms with Crippen molar-refractivity contribution in [1.82, 2.24) is 4.90 Å². The summed E-state index contributed by atoms with van der Waals surface area (Å²) in [6.45, 7) is 1.35. The average Bonchev–Trinajstić information content (AvgIpc) is 3.34. The summed E-state index contributed by atoms with van der Waals surface area (Å²) in [4.78, 5) is 38.4. The van der Waals surface area contributed by atoms with Crippen molar-refractivity contribution < 1.29 is 32.0 Å². The van der Waals surface area contributed by atoms with Gasteiger partial charge >= 0.3 is 6.18 Å². The Balaban J connectivity index is 1.56. The van der Waals surface area contributed by atoms with Crippen LogP contribution in [-0.4, -0.2) is 22.6 Å². The molecule has 7 nitrogen and oxygen atoms in total. The van der Waals surface area contributed by atoms with Gasteiger partial charge in [0.2, 0.25) is 11.8 Å². The van der Waals surface area contributed by atoms with Crippen molar-refractivity contribution in [3.05, 3.63) is 89.5 Å². The number of hydrogen-bond acceptors (Lipinski definition) is 4. The zero-order chi connectivity index (χ0) is 25.2. The Bertz CT molecular complexity index is 1300. The van der Waals surface area contributed by atoms with Crippen LogP contribution in [-0.2, 0) is 15.8 Å². The minimum absolute atomic E-state index is 0.0622. The van der Waals surface area contributed by atoms with Crippen LogP contribution in [0.4, 0.5) is 24.5 Å². The Morgan fingerprint density at radius 3 is 2.49 bits per heavy atom. The molecule has 0 aliphatic carbocycles. The number of furan rings is 1. The second-order valence-corrected chi connectivity index (χ2v) is 7.83. The first-order chi connectivity index (χ1) is 16.6. The van der Waals surface area contributed by atoms with Gasteiger partial charge in [-0.3, -0.25) is 14.4 Å². The van der Waals surface area contributed by atoms with E-state index in [2.05, 4.69) is 10.6 Å². The zero-order valence-corrected chi connectivity index (χ0v) is 18.4. The van der Waals surface area contributed by atoms with Crippen LogP contribution >= 0.6 is 0 Å². The summed E-state index contributed by atoms with van der Waals surface area (Å²) >= 11 is 0. The molecule has 1 unspecified atom stereocenters. The summed E-state index contributed by atoms with van der Waals surface area (Å²) in [6, 6.07) is 12.4. The van der Waals surface area contributed by atoms with Crippen LogP contribution in [0, 0.1) is 0 Å². The standard InChI is InChI=1S/C25H20F3N3O4/c1-15(32)31-11-10-16-5-2-3-6-18(16)21(31)14-23(33)30-20-9-8-17(13-19(20)25(26,27)28)29-24(34)22-7-4-12-35-22/h2-13,21H,14H2,1H3,(H,29,34)(H,30,33). The maximum atomic E-state index is 13.8. The summed E-state index contributed by atoms with van der Waals surface area (Å²) < 4.78 is 46.2. The Labute approximate surface area is 198 Å². The van der Waals surface area contributed by atoms with Crippen LogP contribution in [0.25, 0.3) is 6.08 Å². The van der Waals surface area contributed by atoms with E-state index in [1.807, 2.05) is 12.1 Å². The number of anilines is 2. The van der Waals surface area contributed by atoms with Gasteiger partial charge in [0, 0.05) is 18.8 Å². The lowest BCUT2D eigenvalue weighted by Crippen LogP contribution is -2.33. The molecule has 180 valence electrons. The summed E-state index contributed by atoms with van der Waals surface area (Å²) in [5.41, 5.74) is -0.184. The third kappa shape index (κ3) is 5.26. The van der Waals surface area contributed by atoms with Crippen molar-refractivity contribution in [2.24, 2.45) is 0 Å². The molecule has 0 bridgehead atoms. The minimum atomic E-state index is -4.81. The summed E-state index contributed by atoms with van der Waals surface area (Å²) in [5.74, 6) is -1.79. The van der Waals surface area contributed by atoms with Gasteiger partial charge in [-0.25, -0.2) is 0 Å². The first kappa shape index (κ1) is 23.8. The molecule has 1 aliphatic rings. The van der Waals surface area contributed by atoms with E-state index in [1.165, 1.54) is 36.3 Å². The predicted molar refractivity (Wildman–Crippen MR) is 122 cm³/mol. The fourth-order valence-corrected chi connectivity index (χ4v) is 3.86. The monoisotopic (exact) mass is 483 g/mol. The van der Waals surface area contributed by atoms with E-state index in [0.29, 0.717) is 5.56 Å². The average molecular weight is 483 g/mol. The second kappa shape index (κ2) is 9.49. The lowest BCUT2D eigenvalue weighted by Gasteiger charge is -2.32. The van der Waals surface area contributed by atoms with Crippen molar-refractivity contribution in [2.75, 3.05) is 10.6 Å². The Morgan fingerprint density at radius 2 is 1.80 bits per heavy atom. The van der Waals surface area contributed by atoms with Crippen LogP contribution in [0.1, 0.15) is 46.6 Å². The lowest BCUT2D eigenvalue weighted by atomic mass is 9.93. The number of carbonyl (C=O) groups excluding carboxylic acids is 3. The van der Waals surface area contributed by atoms with E-state index < -0.39 is 35.3 Å². The number of hydrogen-bond donors (Lipinski definition) is 2. The highest BCUT2D eigenvalue weighted by molar-refractivity contribution is 6.02. The quantitative estimate of drug-likeness (QED) is 0.505. The third-order valence-corrected chi connectivity index (χ3v) is 5.45. The molecule has 0 saturated carbocycles. The highest BCUT2D eigenvalue weighted by atomic mass is 19.4. The van der Waals surface area contributed by atoms with Crippen molar-refractivity contribution in [3.63, 3.8) is 0 Å². The molecule has 10 heteroatoms. The molecular weight excluding hydrogens is 463 g/mol. The number of benzene rings is 2. The smallest absolute Gasteiger partial charge is 0.418 e. The Kier molecular flexibility index (Phi) is 6.46. The number of rotatable bonds is 5. The van der Waals surface area contributed by atoms with E-state index in [0.717, 1.165) is 17.7 Å². The number of alkyl halides is 3.